The van der Waals surface area contributed by atoms with E-state index < -0.39 is 0 Å². The molecule has 1 fully saturated rings. The molecule has 4 heteroatoms. The molecule has 0 aliphatic carbocycles. The number of nitrogens with two attached hydrogens (primary N) is 1. The zero-order valence-corrected chi connectivity index (χ0v) is 9.94. The smallest absolute Gasteiger partial charge is 0.340 e. The van der Waals surface area contributed by atoms with E-state index >= 15 is 0 Å². The van der Waals surface area contributed by atoms with Gasteiger partial charge in [-0.3, -0.25) is 0 Å². The summed E-state index contributed by atoms with van der Waals surface area (Å²) in [5, 5.41) is 0. The highest BCUT2D eigenvalue weighted by Gasteiger charge is 2.20. The molecule has 1 unspecified atom stereocenters. The third-order valence-electron chi connectivity index (χ3n) is 2.94. The lowest BCUT2D eigenvalue weighted by Gasteiger charge is -2.22. The van der Waals surface area contributed by atoms with Crippen molar-refractivity contribution in [1.82, 2.24) is 0 Å². The average molecular weight is 235 g/mol. The van der Waals surface area contributed by atoms with Crippen LogP contribution in [0.5, 0.6) is 0 Å². The molecule has 0 spiro atoms. The molecule has 17 heavy (non-hydrogen) atoms. The Morgan fingerprint density at radius 1 is 1.53 bits per heavy atom. The number of nitrogen functional groups attached to an aromatic ring is 1. The predicted molar refractivity (Wildman–Crippen MR) is 64.8 cm³/mol. The second kappa shape index (κ2) is 5.19. The minimum Gasteiger partial charge on any atom is -0.456 e. The van der Waals surface area contributed by atoms with E-state index in [1.807, 2.05) is 13.0 Å². The first kappa shape index (κ1) is 11.9. The van der Waals surface area contributed by atoms with E-state index in [9.17, 15) is 4.79 Å². The van der Waals surface area contributed by atoms with Crippen molar-refractivity contribution in [3.05, 3.63) is 29.3 Å². The summed E-state index contributed by atoms with van der Waals surface area (Å²) in [6.45, 7) is 3.11. The van der Waals surface area contributed by atoms with Gasteiger partial charge in [-0.1, -0.05) is 12.1 Å². The SMILES string of the molecule is Cc1cccc(C(=O)OC2CCCOC2)c1N. The fraction of sp³-hybridized carbons (Fsp3) is 0.462. The highest BCUT2D eigenvalue weighted by atomic mass is 16.6. The monoisotopic (exact) mass is 235 g/mol. The normalized spacial score (nSPS) is 19.9. The van der Waals surface area contributed by atoms with E-state index in [0.29, 0.717) is 17.9 Å². The van der Waals surface area contributed by atoms with Crippen LogP contribution >= 0.6 is 0 Å². The summed E-state index contributed by atoms with van der Waals surface area (Å²) in [5.74, 6) is -0.360. The standard InChI is InChI=1S/C13H17NO3/c1-9-4-2-6-11(12(9)14)13(15)17-10-5-3-7-16-8-10/h2,4,6,10H,3,5,7-8,14H2,1H3. The first-order valence-electron chi connectivity index (χ1n) is 5.82. The second-order valence-electron chi connectivity index (χ2n) is 4.28. The molecule has 0 radical (unpaired) electrons. The van der Waals surface area contributed by atoms with Gasteiger partial charge in [-0.25, -0.2) is 4.79 Å². The summed E-state index contributed by atoms with van der Waals surface area (Å²) in [4.78, 5) is 11.9. The number of rotatable bonds is 2. The molecule has 1 aliphatic rings. The van der Waals surface area contributed by atoms with Crippen molar-refractivity contribution in [2.24, 2.45) is 0 Å². The molecule has 1 aromatic rings. The zero-order chi connectivity index (χ0) is 12.3. The fourth-order valence-electron chi connectivity index (χ4n) is 1.88. The Labute approximate surface area is 101 Å². The van der Waals surface area contributed by atoms with Gasteiger partial charge in [-0.15, -0.1) is 0 Å². The molecule has 1 atom stereocenters. The van der Waals surface area contributed by atoms with Crippen molar-refractivity contribution in [3.8, 4) is 0 Å². The number of para-hydroxylation sites is 1. The van der Waals surface area contributed by atoms with Crippen LogP contribution in [-0.2, 0) is 9.47 Å². The Balaban J connectivity index is 2.06. The molecular formula is C13H17NO3. The molecule has 1 heterocycles. The van der Waals surface area contributed by atoms with Gasteiger partial charge >= 0.3 is 5.97 Å². The summed E-state index contributed by atoms with van der Waals surface area (Å²) >= 11 is 0. The fourth-order valence-corrected chi connectivity index (χ4v) is 1.88. The molecule has 2 rings (SSSR count). The molecule has 4 nitrogen and oxygen atoms in total. The average Bonchev–Trinajstić information content (AvgIpc) is 2.34. The van der Waals surface area contributed by atoms with Gasteiger partial charge in [0.25, 0.3) is 0 Å². The largest absolute Gasteiger partial charge is 0.456 e. The van der Waals surface area contributed by atoms with Crippen LogP contribution in [0.15, 0.2) is 18.2 Å². The minimum absolute atomic E-state index is 0.142. The van der Waals surface area contributed by atoms with Gasteiger partial charge in [0.15, 0.2) is 0 Å². The van der Waals surface area contributed by atoms with Crippen LogP contribution in [-0.4, -0.2) is 25.3 Å². The van der Waals surface area contributed by atoms with Crippen molar-refractivity contribution in [2.45, 2.75) is 25.9 Å². The van der Waals surface area contributed by atoms with Crippen LogP contribution < -0.4 is 5.73 Å². The molecule has 1 saturated heterocycles. The van der Waals surface area contributed by atoms with Crippen LogP contribution in [0.25, 0.3) is 0 Å². The molecule has 1 aromatic carbocycles. The van der Waals surface area contributed by atoms with E-state index in [-0.39, 0.29) is 12.1 Å². The second-order valence-corrected chi connectivity index (χ2v) is 4.28. The molecule has 0 amide bonds. The highest BCUT2D eigenvalue weighted by molar-refractivity contribution is 5.95. The summed E-state index contributed by atoms with van der Waals surface area (Å²) in [6, 6.07) is 5.36. The first-order valence-corrected chi connectivity index (χ1v) is 5.82. The number of aryl methyl sites for hydroxylation is 1. The van der Waals surface area contributed by atoms with Crippen molar-refractivity contribution >= 4 is 11.7 Å². The molecule has 2 N–H and O–H groups in total. The quantitative estimate of drug-likeness (QED) is 0.628. The lowest BCUT2D eigenvalue weighted by atomic mass is 10.1. The highest BCUT2D eigenvalue weighted by Crippen LogP contribution is 2.19. The molecule has 92 valence electrons. The van der Waals surface area contributed by atoms with Gasteiger partial charge < -0.3 is 15.2 Å². The van der Waals surface area contributed by atoms with Crippen LogP contribution in [0, 0.1) is 6.92 Å². The van der Waals surface area contributed by atoms with Gasteiger partial charge in [-0.2, -0.15) is 0 Å². The Morgan fingerprint density at radius 3 is 3.06 bits per heavy atom. The molecular weight excluding hydrogens is 218 g/mol. The lowest BCUT2D eigenvalue weighted by Crippen LogP contribution is -2.28. The first-order chi connectivity index (χ1) is 8.18. The van der Waals surface area contributed by atoms with E-state index in [2.05, 4.69) is 0 Å². The Bertz CT molecular complexity index is 411. The number of hydrogen-bond acceptors (Lipinski definition) is 4. The molecule has 0 aromatic heterocycles. The van der Waals surface area contributed by atoms with Gasteiger partial charge in [0.1, 0.15) is 6.10 Å². The van der Waals surface area contributed by atoms with E-state index in [1.54, 1.807) is 12.1 Å². The number of hydrogen-bond donors (Lipinski definition) is 1. The third-order valence-corrected chi connectivity index (χ3v) is 2.94. The summed E-state index contributed by atoms with van der Waals surface area (Å²) < 4.78 is 10.6. The van der Waals surface area contributed by atoms with Gasteiger partial charge in [0.05, 0.1) is 12.2 Å². The van der Waals surface area contributed by atoms with Gasteiger partial charge in [-0.05, 0) is 31.4 Å². The van der Waals surface area contributed by atoms with Gasteiger partial charge in [0.2, 0.25) is 0 Å². The van der Waals surface area contributed by atoms with Crippen molar-refractivity contribution in [2.75, 3.05) is 18.9 Å². The Morgan fingerprint density at radius 2 is 2.35 bits per heavy atom. The van der Waals surface area contributed by atoms with Crippen molar-refractivity contribution in [3.63, 3.8) is 0 Å². The molecule has 1 aliphatic heterocycles. The third kappa shape index (κ3) is 2.77. The van der Waals surface area contributed by atoms with E-state index in [4.69, 9.17) is 15.2 Å². The lowest BCUT2D eigenvalue weighted by molar-refractivity contribution is -0.0305. The minimum atomic E-state index is -0.360. The Kier molecular flexibility index (Phi) is 3.64. The summed E-state index contributed by atoms with van der Waals surface area (Å²) in [5.41, 5.74) is 7.68. The van der Waals surface area contributed by atoms with E-state index in [1.165, 1.54) is 0 Å². The Hall–Kier alpha value is -1.55. The number of anilines is 1. The van der Waals surface area contributed by atoms with E-state index in [0.717, 1.165) is 25.0 Å². The zero-order valence-electron chi connectivity index (χ0n) is 9.94. The number of carbonyl (C=O) groups excluding carboxylic acids is 1. The van der Waals surface area contributed by atoms with Crippen LogP contribution in [0.3, 0.4) is 0 Å². The van der Waals surface area contributed by atoms with Crippen LogP contribution in [0.4, 0.5) is 5.69 Å². The predicted octanol–water partition coefficient (Wildman–Crippen LogP) is 1.91. The maximum absolute atomic E-state index is 11.9. The van der Waals surface area contributed by atoms with Crippen LogP contribution in [0.1, 0.15) is 28.8 Å². The van der Waals surface area contributed by atoms with Gasteiger partial charge in [0, 0.05) is 12.3 Å². The number of ether oxygens (including phenoxy) is 2. The number of carbonyl (C=O) groups is 1. The van der Waals surface area contributed by atoms with Crippen molar-refractivity contribution in [1.29, 1.82) is 0 Å². The number of esters is 1. The summed E-state index contributed by atoms with van der Waals surface area (Å²) in [6.07, 6.45) is 1.65. The maximum atomic E-state index is 11.9. The maximum Gasteiger partial charge on any atom is 0.340 e. The summed E-state index contributed by atoms with van der Waals surface area (Å²) in [7, 11) is 0. The van der Waals surface area contributed by atoms with Crippen LogP contribution in [0.2, 0.25) is 0 Å². The molecule has 0 saturated carbocycles. The van der Waals surface area contributed by atoms with Crippen molar-refractivity contribution < 1.29 is 14.3 Å². The number of benzene rings is 1. The molecule has 0 bridgehead atoms. The topological polar surface area (TPSA) is 61.5 Å².